The molecular formula is C23H26N4O2. The predicted molar refractivity (Wildman–Crippen MR) is 115 cm³/mol. The third-order valence-corrected chi connectivity index (χ3v) is 4.65. The number of benzene rings is 2. The lowest BCUT2D eigenvalue weighted by atomic mass is 10.0. The van der Waals surface area contributed by atoms with E-state index in [9.17, 15) is 9.59 Å². The molecule has 6 nitrogen and oxygen atoms in total. The summed E-state index contributed by atoms with van der Waals surface area (Å²) in [5, 5.41) is 7.36. The molecule has 1 N–H and O–H groups in total. The Morgan fingerprint density at radius 1 is 1.07 bits per heavy atom. The molecule has 0 fully saturated rings. The first-order valence-corrected chi connectivity index (χ1v) is 9.56. The molecule has 3 aromatic rings. The Morgan fingerprint density at radius 3 is 2.38 bits per heavy atom. The van der Waals surface area contributed by atoms with Crippen molar-refractivity contribution in [1.29, 1.82) is 0 Å². The minimum atomic E-state index is -0.249. The van der Waals surface area contributed by atoms with Crippen LogP contribution in [0.1, 0.15) is 51.7 Å². The molecule has 0 spiro atoms. The summed E-state index contributed by atoms with van der Waals surface area (Å²) in [6.45, 7) is 6.11. The average Bonchev–Trinajstić information content (AvgIpc) is 3.13. The first-order valence-electron chi connectivity index (χ1n) is 9.56. The van der Waals surface area contributed by atoms with Crippen molar-refractivity contribution in [2.45, 2.75) is 26.7 Å². The Bertz CT molecular complexity index is 1030. The van der Waals surface area contributed by atoms with E-state index in [1.807, 2.05) is 49.7 Å². The maximum absolute atomic E-state index is 13.0. The third-order valence-electron chi connectivity index (χ3n) is 4.65. The SMILES string of the molecule is Cc1ccc(-n2ncc(C(=O)Nc3cccc(C(=O)N(C)C)c3)c2C(C)C)cc1. The molecular weight excluding hydrogens is 364 g/mol. The van der Waals surface area contributed by atoms with Crippen molar-refractivity contribution in [2.75, 3.05) is 19.4 Å². The number of aryl methyl sites for hydroxylation is 1. The molecule has 3 rings (SSSR count). The Labute approximate surface area is 171 Å². The molecule has 0 bridgehead atoms. The molecule has 29 heavy (non-hydrogen) atoms. The fourth-order valence-corrected chi connectivity index (χ4v) is 3.17. The Kier molecular flexibility index (Phi) is 5.82. The van der Waals surface area contributed by atoms with Gasteiger partial charge in [0.05, 0.1) is 23.1 Å². The number of aromatic nitrogens is 2. The van der Waals surface area contributed by atoms with Crippen molar-refractivity contribution >= 4 is 17.5 Å². The van der Waals surface area contributed by atoms with E-state index in [1.165, 1.54) is 4.90 Å². The number of rotatable bonds is 5. The lowest BCUT2D eigenvalue weighted by molar-refractivity contribution is 0.0827. The van der Waals surface area contributed by atoms with Gasteiger partial charge in [0.2, 0.25) is 0 Å². The minimum absolute atomic E-state index is 0.0983. The molecule has 0 aliphatic rings. The van der Waals surface area contributed by atoms with Crippen LogP contribution in [0.25, 0.3) is 5.69 Å². The standard InChI is InChI=1S/C23H26N4O2/c1-15(2)21-20(14-24-27(21)19-11-9-16(3)10-12-19)22(28)25-18-8-6-7-17(13-18)23(29)26(4)5/h6-15H,1-5H3,(H,25,28). The second-order valence-electron chi connectivity index (χ2n) is 7.58. The van der Waals surface area contributed by atoms with Crippen molar-refractivity contribution in [3.8, 4) is 5.69 Å². The van der Waals surface area contributed by atoms with Crippen LogP contribution in [-0.4, -0.2) is 40.6 Å². The van der Waals surface area contributed by atoms with Crippen LogP contribution >= 0.6 is 0 Å². The van der Waals surface area contributed by atoms with Gasteiger partial charge in [-0.05, 0) is 43.2 Å². The monoisotopic (exact) mass is 390 g/mol. The molecule has 0 saturated heterocycles. The molecule has 0 aliphatic heterocycles. The van der Waals surface area contributed by atoms with E-state index in [2.05, 4.69) is 10.4 Å². The Morgan fingerprint density at radius 2 is 1.76 bits per heavy atom. The van der Waals surface area contributed by atoms with Crippen LogP contribution in [0.5, 0.6) is 0 Å². The summed E-state index contributed by atoms with van der Waals surface area (Å²) in [5.41, 5.74) is 4.53. The number of hydrogen-bond donors (Lipinski definition) is 1. The molecule has 1 aromatic heterocycles. The fraction of sp³-hybridized carbons (Fsp3) is 0.261. The molecule has 150 valence electrons. The topological polar surface area (TPSA) is 67.2 Å². The van der Waals surface area contributed by atoms with Crippen LogP contribution in [0.15, 0.2) is 54.7 Å². The molecule has 0 saturated carbocycles. The van der Waals surface area contributed by atoms with Crippen LogP contribution in [0.2, 0.25) is 0 Å². The van der Waals surface area contributed by atoms with E-state index < -0.39 is 0 Å². The van der Waals surface area contributed by atoms with Crippen molar-refractivity contribution in [2.24, 2.45) is 0 Å². The van der Waals surface area contributed by atoms with E-state index in [-0.39, 0.29) is 17.7 Å². The van der Waals surface area contributed by atoms with Crippen molar-refractivity contribution in [3.05, 3.63) is 77.1 Å². The lowest BCUT2D eigenvalue weighted by Crippen LogP contribution is -2.22. The summed E-state index contributed by atoms with van der Waals surface area (Å²) in [7, 11) is 3.39. The molecule has 0 atom stereocenters. The van der Waals surface area contributed by atoms with Gasteiger partial charge in [0.1, 0.15) is 0 Å². The number of carbonyl (C=O) groups is 2. The predicted octanol–water partition coefficient (Wildman–Crippen LogP) is 4.26. The normalized spacial score (nSPS) is 10.8. The van der Waals surface area contributed by atoms with Crippen LogP contribution in [0, 0.1) is 6.92 Å². The number of nitrogens with one attached hydrogen (secondary N) is 1. The summed E-state index contributed by atoms with van der Waals surface area (Å²) in [6.07, 6.45) is 1.60. The first kappa shape index (κ1) is 20.3. The van der Waals surface area contributed by atoms with Gasteiger partial charge < -0.3 is 10.2 Å². The smallest absolute Gasteiger partial charge is 0.259 e. The highest BCUT2D eigenvalue weighted by atomic mass is 16.2. The molecule has 6 heteroatoms. The maximum Gasteiger partial charge on any atom is 0.259 e. The van der Waals surface area contributed by atoms with E-state index in [4.69, 9.17) is 0 Å². The quantitative estimate of drug-likeness (QED) is 0.708. The average molecular weight is 390 g/mol. The van der Waals surface area contributed by atoms with Crippen LogP contribution in [0.4, 0.5) is 5.69 Å². The molecule has 1 heterocycles. The van der Waals surface area contributed by atoms with E-state index in [1.54, 1.807) is 44.6 Å². The van der Waals surface area contributed by atoms with Crippen molar-refractivity contribution in [1.82, 2.24) is 14.7 Å². The summed E-state index contributed by atoms with van der Waals surface area (Å²) >= 11 is 0. The zero-order chi connectivity index (χ0) is 21.1. The van der Waals surface area contributed by atoms with E-state index >= 15 is 0 Å². The third kappa shape index (κ3) is 4.37. The largest absolute Gasteiger partial charge is 0.345 e. The fourth-order valence-electron chi connectivity index (χ4n) is 3.17. The van der Waals surface area contributed by atoms with Gasteiger partial charge in [-0.1, -0.05) is 37.6 Å². The highest BCUT2D eigenvalue weighted by Gasteiger charge is 2.21. The number of hydrogen-bond acceptors (Lipinski definition) is 3. The van der Waals surface area contributed by atoms with Gasteiger partial charge in [-0.15, -0.1) is 0 Å². The van der Waals surface area contributed by atoms with Crippen LogP contribution in [-0.2, 0) is 0 Å². The van der Waals surface area contributed by atoms with E-state index in [0.717, 1.165) is 16.9 Å². The molecule has 0 unspecified atom stereocenters. The highest BCUT2D eigenvalue weighted by molar-refractivity contribution is 6.06. The van der Waals surface area contributed by atoms with E-state index in [0.29, 0.717) is 16.8 Å². The zero-order valence-electron chi connectivity index (χ0n) is 17.4. The summed E-state index contributed by atoms with van der Waals surface area (Å²) < 4.78 is 1.81. The Hall–Kier alpha value is -3.41. The van der Waals surface area contributed by atoms with Crippen LogP contribution < -0.4 is 5.32 Å². The minimum Gasteiger partial charge on any atom is -0.345 e. The first-order chi connectivity index (χ1) is 13.8. The number of nitrogens with zero attached hydrogens (tertiary/aromatic N) is 3. The van der Waals surface area contributed by atoms with Crippen LogP contribution in [0.3, 0.4) is 0 Å². The molecule has 0 aliphatic carbocycles. The second kappa shape index (κ2) is 8.31. The number of carbonyl (C=O) groups excluding carboxylic acids is 2. The summed E-state index contributed by atoms with van der Waals surface area (Å²) in [4.78, 5) is 26.7. The van der Waals surface area contributed by atoms with Gasteiger partial charge in [0, 0.05) is 25.3 Å². The Balaban J connectivity index is 1.91. The molecule has 2 aromatic carbocycles. The second-order valence-corrected chi connectivity index (χ2v) is 7.58. The summed E-state index contributed by atoms with van der Waals surface area (Å²) in [5.74, 6) is -0.265. The zero-order valence-corrected chi connectivity index (χ0v) is 17.4. The van der Waals surface area contributed by atoms with Gasteiger partial charge >= 0.3 is 0 Å². The maximum atomic E-state index is 13.0. The van der Waals surface area contributed by atoms with Crippen molar-refractivity contribution in [3.63, 3.8) is 0 Å². The number of anilines is 1. The van der Waals surface area contributed by atoms with Gasteiger partial charge in [-0.3, -0.25) is 9.59 Å². The number of amides is 2. The lowest BCUT2D eigenvalue weighted by Gasteiger charge is -2.14. The highest BCUT2D eigenvalue weighted by Crippen LogP contribution is 2.24. The van der Waals surface area contributed by atoms with Gasteiger partial charge in [0.15, 0.2) is 0 Å². The van der Waals surface area contributed by atoms with Gasteiger partial charge in [-0.2, -0.15) is 5.10 Å². The molecule has 0 radical (unpaired) electrons. The van der Waals surface area contributed by atoms with Crippen molar-refractivity contribution < 1.29 is 9.59 Å². The van der Waals surface area contributed by atoms with Gasteiger partial charge in [0.25, 0.3) is 11.8 Å². The molecule has 2 amide bonds. The summed E-state index contributed by atoms with van der Waals surface area (Å²) in [6, 6.07) is 15.0. The van der Waals surface area contributed by atoms with Gasteiger partial charge in [-0.25, -0.2) is 4.68 Å².